The average Bonchev–Trinajstić information content (AvgIpc) is 3.16. The summed E-state index contributed by atoms with van der Waals surface area (Å²) in [4.78, 5) is 30.8. The summed E-state index contributed by atoms with van der Waals surface area (Å²) in [7, 11) is 3.70. The third-order valence-electron chi connectivity index (χ3n) is 7.01. The first-order chi connectivity index (χ1) is 14.5. The largest absolute Gasteiger partial charge is 0.492 e. The summed E-state index contributed by atoms with van der Waals surface area (Å²) < 4.78 is 5.97. The van der Waals surface area contributed by atoms with Gasteiger partial charge in [0, 0.05) is 32.0 Å². The van der Waals surface area contributed by atoms with E-state index in [-0.39, 0.29) is 17.2 Å². The highest BCUT2D eigenvalue weighted by Gasteiger charge is 2.50. The van der Waals surface area contributed by atoms with Gasteiger partial charge in [0.05, 0.1) is 11.8 Å². The molecule has 0 N–H and O–H groups in total. The molecule has 1 saturated heterocycles. The van der Waals surface area contributed by atoms with Crippen LogP contribution < -0.4 is 14.5 Å². The SMILES string of the molecule is CN1C(=O)Cc2cc(OCCN3CCC4(CC3)C(=O)N(C)c3ccccc34)ccc21. The van der Waals surface area contributed by atoms with Crippen LogP contribution >= 0.6 is 0 Å². The normalized spacial score (nSPS) is 20.1. The van der Waals surface area contributed by atoms with E-state index < -0.39 is 0 Å². The van der Waals surface area contributed by atoms with E-state index in [1.54, 1.807) is 4.90 Å². The maximum absolute atomic E-state index is 13.0. The van der Waals surface area contributed by atoms with E-state index in [1.165, 1.54) is 5.56 Å². The van der Waals surface area contributed by atoms with E-state index in [0.29, 0.717) is 13.0 Å². The maximum Gasteiger partial charge on any atom is 0.237 e. The lowest BCUT2D eigenvalue weighted by Gasteiger charge is -2.38. The van der Waals surface area contributed by atoms with Crippen molar-refractivity contribution in [2.75, 3.05) is 50.1 Å². The molecule has 3 aliphatic heterocycles. The Hall–Kier alpha value is -2.86. The van der Waals surface area contributed by atoms with Gasteiger partial charge in [-0.25, -0.2) is 0 Å². The van der Waals surface area contributed by atoms with Crippen LogP contribution in [0.25, 0.3) is 0 Å². The average molecular weight is 405 g/mol. The topological polar surface area (TPSA) is 53.1 Å². The van der Waals surface area contributed by atoms with E-state index >= 15 is 0 Å². The molecule has 3 aliphatic rings. The molecule has 0 aromatic heterocycles. The molecular formula is C24H27N3O3. The van der Waals surface area contributed by atoms with E-state index in [4.69, 9.17) is 4.74 Å². The molecule has 2 aromatic rings. The number of carbonyl (C=O) groups is 2. The second kappa shape index (κ2) is 7.13. The van der Waals surface area contributed by atoms with Crippen LogP contribution in [0.2, 0.25) is 0 Å². The van der Waals surface area contributed by atoms with Gasteiger partial charge in [-0.05, 0) is 61.3 Å². The zero-order chi connectivity index (χ0) is 20.9. The summed E-state index contributed by atoms with van der Waals surface area (Å²) in [6.45, 7) is 3.21. The summed E-state index contributed by atoms with van der Waals surface area (Å²) in [6, 6.07) is 14.1. The van der Waals surface area contributed by atoms with Gasteiger partial charge in [0.2, 0.25) is 11.8 Å². The fourth-order valence-electron chi connectivity index (χ4n) is 5.19. The van der Waals surface area contributed by atoms with Crippen LogP contribution in [0, 0.1) is 0 Å². The number of likely N-dealkylation sites (N-methyl/N-ethyl adjacent to an activating group) is 2. The second-order valence-electron chi connectivity index (χ2n) is 8.57. The van der Waals surface area contributed by atoms with Gasteiger partial charge in [-0.1, -0.05) is 18.2 Å². The Balaban J connectivity index is 1.18. The molecule has 1 fully saturated rings. The number of rotatable bonds is 4. The highest BCUT2D eigenvalue weighted by Crippen LogP contribution is 2.47. The first-order valence-corrected chi connectivity index (χ1v) is 10.6. The van der Waals surface area contributed by atoms with Crippen LogP contribution in [0.1, 0.15) is 24.0 Å². The quantitative estimate of drug-likeness (QED) is 0.785. The van der Waals surface area contributed by atoms with Gasteiger partial charge in [-0.2, -0.15) is 0 Å². The third kappa shape index (κ3) is 2.89. The summed E-state index contributed by atoms with van der Waals surface area (Å²) >= 11 is 0. The Morgan fingerprint density at radius 1 is 0.967 bits per heavy atom. The number of likely N-dealkylation sites (tertiary alicyclic amines) is 1. The molecule has 2 aromatic carbocycles. The smallest absolute Gasteiger partial charge is 0.237 e. The Morgan fingerprint density at radius 2 is 1.73 bits per heavy atom. The molecule has 0 unspecified atom stereocenters. The minimum absolute atomic E-state index is 0.123. The van der Waals surface area contributed by atoms with Gasteiger partial charge in [-0.3, -0.25) is 14.5 Å². The lowest BCUT2D eigenvalue weighted by atomic mass is 9.73. The molecule has 0 bridgehead atoms. The molecule has 30 heavy (non-hydrogen) atoms. The monoisotopic (exact) mass is 405 g/mol. The summed E-state index contributed by atoms with van der Waals surface area (Å²) in [5, 5.41) is 0. The number of fused-ring (bicyclic) bond motifs is 3. The molecule has 0 radical (unpaired) electrons. The molecule has 0 saturated carbocycles. The van der Waals surface area contributed by atoms with Crippen molar-refractivity contribution in [1.29, 1.82) is 0 Å². The standard InChI is InChI=1S/C24H27N3O3/c1-25-20-8-7-18(15-17(20)16-22(25)28)30-14-13-27-11-9-24(10-12-27)19-5-3-4-6-21(19)26(2)23(24)29/h3-8,15H,9-14,16H2,1-2H3. The Kier molecular flexibility index (Phi) is 4.54. The van der Waals surface area contributed by atoms with E-state index in [2.05, 4.69) is 11.0 Å². The molecule has 0 aliphatic carbocycles. The molecule has 156 valence electrons. The van der Waals surface area contributed by atoms with Crippen LogP contribution in [-0.2, 0) is 21.4 Å². The molecule has 3 heterocycles. The van der Waals surface area contributed by atoms with Crippen molar-refractivity contribution in [2.45, 2.75) is 24.7 Å². The van der Waals surface area contributed by atoms with Gasteiger partial charge < -0.3 is 14.5 Å². The molecule has 0 atom stereocenters. The predicted octanol–water partition coefficient (Wildman–Crippen LogP) is 2.59. The minimum atomic E-state index is -0.360. The second-order valence-corrected chi connectivity index (χ2v) is 8.57. The number of benzene rings is 2. The molecule has 6 nitrogen and oxygen atoms in total. The van der Waals surface area contributed by atoms with Crippen LogP contribution in [0.15, 0.2) is 42.5 Å². The van der Waals surface area contributed by atoms with Gasteiger partial charge in [0.1, 0.15) is 12.4 Å². The van der Waals surface area contributed by atoms with Crippen molar-refractivity contribution in [3.05, 3.63) is 53.6 Å². The lowest BCUT2D eigenvalue weighted by molar-refractivity contribution is -0.124. The highest BCUT2D eigenvalue weighted by molar-refractivity contribution is 6.07. The van der Waals surface area contributed by atoms with Crippen molar-refractivity contribution in [2.24, 2.45) is 0 Å². The summed E-state index contributed by atoms with van der Waals surface area (Å²) in [6.07, 6.45) is 2.14. The Morgan fingerprint density at radius 3 is 2.53 bits per heavy atom. The zero-order valence-electron chi connectivity index (χ0n) is 17.6. The predicted molar refractivity (Wildman–Crippen MR) is 116 cm³/mol. The molecule has 6 heteroatoms. The number of piperidine rings is 1. The van der Waals surface area contributed by atoms with Crippen molar-refractivity contribution in [3.8, 4) is 5.75 Å². The number of nitrogens with zero attached hydrogens (tertiary/aromatic N) is 3. The fraction of sp³-hybridized carbons (Fsp3) is 0.417. The van der Waals surface area contributed by atoms with E-state index in [0.717, 1.165) is 55.2 Å². The number of para-hydroxylation sites is 1. The van der Waals surface area contributed by atoms with Gasteiger partial charge in [-0.15, -0.1) is 0 Å². The number of ether oxygens (including phenoxy) is 1. The van der Waals surface area contributed by atoms with Crippen molar-refractivity contribution >= 4 is 23.2 Å². The van der Waals surface area contributed by atoms with Crippen molar-refractivity contribution < 1.29 is 14.3 Å². The Bertz CT molecular complexity index is 1010. The number of hydrogen-bond acceptors (Lipinski definition) is 4. The van der Waals surface area contributed by atoms with Crippen LogP contribution in [0.4, 0.5) is 11.4 Å². The zero-order valence-corrected chi connectivity index (χ0v) is 17.6. The van der Waals surface area contributed by atoms with E-state index in [1.807, 2.05) is 55.4 Å². The number of carbonyl (C=O) groups excluding carboxylic acids is 2. The van der Waals surface area contributed by atoms with Crippen molar-refractivity contribution in [3.63, 3.8) is 0 Å². The molecular weight excluding hydrogens is 378 g/mol. The van der Waals surface area contributed by atoms with E-state index in [9.17, 15) is 9.59 Å². The van der Waals surface area contributed by atoms with Crippen LogP contribution in [-0.4, -0.2) is 57.1 Å². The fourth-order valence-corrected chi connectivity index (χ4v) is 5.19. The number of anilines is 2. The maximum atomic E-state index is 13.0. The number of amides is 2. The molecule has 5 rings (SSSR count). The minimum Gasteiger partial charge on any atom is -0.492 e. The first kappa shape index (κ1) is 19.1. The van der Waals surface area contributed by atoms with Crippen LogP contribution in [0.5, 0.6) is 5.75 Å². The van der Waals surface area contributed by atoms with Gasteiger partial charge in [0.25, 0.3) is 0 Å². The highest BCUT2D eigenvalue weighted by atomic mass is 16.5. The Labute approximate surface area is 177 Å². The summed E-state index contributed by atoms with van der Waals surface area (Å²) in [5.41, 5.74) is 3.88. The number of hydrogen-bond donors (Lipinski definition) is 0. The molecule has 1 spiro atoms. The molecule has 2 amide bonds. The van der Waals surface area contributed by atoms with Gasteiger partial charge in [0.15, 0.2) is 0 Å². The van der Waals surface area contributed by atoms with Crippen LogP contribution in [0.3, 0.4) is 0 Å². The van der Waals surface area contributed by atoms with Gasteiger partial charge >= 0.3 is 0 Å². The lowest BCUT2D eigenvalue weighted by Crippen LogP contribution is -2.48. The summed E-state index contributed by atoms with van der Waals surface area (Å²) in [5.74, 6) is 1.17. The van der Waals surface area contributed by atoms with Crippen molar-refractivity contribution in [1.82, 2.24) is 4.90 Å². The third-order valence-corrected chi connectivity index (χ3v) is 7.01. The first-order valence-electron chi connectivity index (χ1n) is 10.6.